The van der Waals surface area contributed by atoms with Crippen molar-refractivity contribution in [3.63, 3.8) is 0 Å². The van der Waals surface area contributed by atoms with Gasteiger partial charge in [0.05, 0.1) is 18.7 Å². The molecule has 0 N–H and O–H groups in total. The molecule has 0 bridgehead atoms. The number of ether oxygens (including phenoxy) is 1. The lowest BCUT2D eigenvalue weighted by molar-refractivity contribution is 0.415. The fourth-order valence-electron chi connectivity index (χ4n) is 1.76. The normalized spacial score (nSPS) is 9.83. The Morgan fingerprint density at radius 2 is 1.83 bits per heavy atom. The molecule has 0 unspecified atom stereocenters. The van der Waals surface area contributed by atoms with Crippen molar-refractivity contribution < 1.29 is 4.74 Å². The number of methoxy groups -OCH3 is 1. The molecule has 0 aliphatic rings. The summed E-state index contributed by atoms with van der Waals surface area (Å²) in [7, 11) is 1.67. The predicted molar refractivity (Wildman–Crippen MR) is 74.9 cm³/mol. The van der Waals surface area contributed by atoms with Crippen LogP contribution in [0.25, 0.3) is 11.1 Å². The second-order valence-corrected chi connectivity index (χ2v) is 4.64. The predicted octanol–water partition coefficient (Wildman–Crippen LogP) is 3.96. The van der Waals surface area contributed by atoms with E-state index in [4.69, 9.17) is 10.00 Å². The van der Waals surface area contributed by atoms with Gasteiger partial charge >= 0.3 is 0 Å². The van der Waals surface area contributed by atoms with Crippen molar-refractivity contribution in [1.29, 1.82) is 5.26 Å². The summed E-state index contributed by atoms with van der Waals surface area (Å²) in [5.41, 5.74) is 2.76. The van der Waals surface area contributed by atoms with Crippen LogP contribution in [-0.2, 0) is 0 Å². The number of nitrogens with zero attached hydrogens (tertiary/aromatic N) is 1. The smallest absolute Gasteiger partial charge is 0.127 e. The summed E-state index contributed by atoms with van der Waals surface area (Å²) in [6, 6.07) is 15.8. The quantitative estimate of drug-likeness (QED) is 0.778. The van der Waals surface area contributed by atoms with E-state index in [2.05, 4.69) is 12.1 Å². The van der Waals surface area contributed by atoms with Crippen molar-refractivity contribution in [3.8, 4) is 22.9 Å². The van der Waals surface area contributed by atoms with Gasteiger partial charge in [-0.05, 0) is 42.2 Å². The summed E-state index contributed by atoms with van der Waals surface area (Å²) >= 11 is 1.69. The molecule has 3 heteroatoms. The standard InChI is InChI=1S/C15H13NOS/c1-17-15-9-13(18-2)7-8-14(15)12-5-3-11(10-16)4-6-12/h3-9H,1-2H3. The molecule has 0 aliphatic carbocycles. The molecule has 0 heterocycles. The summed E-state index contributed by atoms with van der Waals surface area (Å²) < 4.78 is 5.42. The fraction of sp³-hybridized carbons (Fsp3) is 0.133. The maximum atomic E-state index is 8.79. The number of hydrogen-bond acceptors (Lipinski definition) is 3. The highest BCUT2D eigenvalue weighted by Crippen LogP contribution is 2.33. The van der Waals surface area contributed by atoms with Crippen molar-refractivity contribution in [1.82, 2.24) is 0 Å². The lowest BCUT2D eigenvalue weighted by atomic mass is 10.0. The molecular formula is C15H13NOS. The van der Waals surface area contributed by atoms with Gasteiger partial charge in [-0.2, -0.15) is 5.26 Å². The van der Waals surface area contributed by atoms with Crippen LogP contribution in [0.5, 0.6) is 5.75 Å². The van der Waals surface area contributed by atoms with Crippen molar-refractivity contribution in [2.24, 2.45) is 0 Å². The average Bonchev–Trinajstić information content (AvgIpc) is 2.46. The zero-order valence-corrected chi connectivity index (χ0v) is 11.1. The van der Waals surface area contributed by atoms with Crippen LogP contribution in [0.4, 0.5) is 0 Å². The van der Waals surface area contributed by atoms with Crippen LogP contribution in [-0.4, -0.2) is 13.4 Å². The molecule has 2 aromatic carbocycles. The second kappa shape index (κ2) is 5.61. The van der Waals surface area contributed by atoms with E-state index in [0.717, 1.165) is 16.9 Å². The summed E-state index contributed by atoms with van der Waals surface area (Å²) in [5.74, 6) is 0.853. The molecule has 90 valence electrons. The topological polar surface area (TPSA) is 33.0 Å². The lowest BCUT2D eigenvalue weighted by Crippen LogP contribution is -1.88. The van der Waals surface area contributed by atoms with E-state index in [0.29, 0.717) is 5.56 Å². The van der Waals surface area contributed by atoms with Crippen molar-refractivity contribution in [2.45, 2.75) is 4.90 Å². The van der Waals surface area contributed by atoms with Gasteiger partial charge in [-0.15, -0.1) is 11.8 Å². The van der Waals surface area contributed by atoms with Crippen LogP contribution in [0.15, 0.2) is 47.4 Å². The number of thioether (sulfide) groups is 1. The van der Waals surface area contributed by atoms with Crippen molar-refractivity contribution in [3.05, 3.63) is 48.0 Å². The van der Waals surface area contributed by atoms with Gasteiger partial charge in [-0.25, -0.2) is 0 Å². The van der Waals surface area contributed by atoms with Gasteiger partial charge in [0, 0.05) is 10.5 Å². The first-order valence-corrected chi connectivity index (χ1v) is 6.73. The molecule has 0 radical (unpaired) electrons. The second-order valence-electron chi connectivity index (χ2n) is 3.76. The van der Waals surface area contributed by atoms with E-state index in [1.54, 1.807) is 18.9 Å². The van der Waals surface area contributed by atoms with E-state index in [9.17, 15) is 0 Å². The highest BCUT2D eigenvalue weighted by Gasteiger charge is 2.06. The Kier molecular flexibility index (Phi) is 3.91. The van der Waals surface area contributed by atoms with Gasteiger partial charge in [-0.3, -0.25) is 0 Å². The van der Waals surface area contributed by atoms with Crippen LogP contribution in [0.1, 0.15) is 5.56 Å². The van der Waals surface area contributed by atoms with Gasteiger partial charge in [-0.1, -0.05) is 12.1 Å². The molecule has 0 saturated carbocycles. The van der Waals surface area contributed by atoms with E-state index < -0.39 is 0 Å². The molecule has 18 heavy (non-hydrogen) atoms. The van der Waals surface area contributed by atoms with E-state index in [1.165, 1.54) is 4.90 Å². The van der Waals surface area contributed by atoms with E-state index in [-0.39, 0.29) is 0 Å². The third-order valence-electron chi connectivity index (χ3n) is 2.73. The third kappa shape index (κ3) is 2.49. The zero-order valence-electron chi connectivity index (χ0n) is 10.3. The zero-order chi connectivity index (χ0) is 13.0. The molecule has 0 aromatic heterocycles. The van der Waals surface area contributed by atoms with Crippen LogP contribution >= 0.6 is 11.8 Å². The Morgan fingerprint density at radius 1 is 1.11 bits per heavy atom. The summed E-state index contributed by atoms with van der Waals surface area (Å²) in [4.78, 5) is 1.17. The maximum Gasteiger partial charge on any atom is 0.127 e. The summed E-state index contributed by atoms with van der Waals surface area (Å²) in [6.07, 6.45) is 2.04. The molecule has 0 spiro atoms. The van der Waals surface area contributed by atoms with Crippen molar-refractivity contribution in [2.75, 3.05) is 13.4 Å². The molecule has 2 nitrogen and oxygen atoms in total. The molecule has 0 saturated heterocycles. The molecule has 0 atom stereocenters. The fourth-order valence-corrected chi connectivity index (χ4v) is 2.19. The van der Waals surface area contributed by atoms with Crippen LogP contribution < -0.4 is 4.74 Å². The van der Waals surface area contributed by atoms with Crippen LogP contribution in [0.3, 0.4) is 0 Å². The highest BCUT2D eigenvalue weighted by molar-refractivity contribution is 7.98. The van der Waals surface area contributed by atoms with Crippen molar-refractivity contribution >= 4 is 11.8 Å². The molecule has 2 rings (SSSR count). The highest BCUT2D eigenvalue weighted by atomic mass is 32.2. The molecule has 0 aliphatic heterocycles. The minimum Gasteiger partial charge on any atom is -0.496 e. The monoisotopic (exact) mass is 255 g/mol. The SMILES string of the molecule is COc1cc(SC)ccc1-c1ccc(C#N)cc1. The number of nitriles is 1. The molecule has 0 amide bonds. The van der Waals surface area contributed by atoms with Gasteiger partial charge in [0.15, 0.2) is 0 Å². The third-order valence-corrected chi connectivity index (χ3v) is 3.46. The first kappa shape index (κ1) is 12.5. The largest absolute Gasteiger partial charge is 0.496 e. The average molecular weight is 255 g/mol. The maximum absolute atomic E-state index is 8.79. The van der Waals surface area contributed by atoms with Crippen LogP contribution in [0.2, 0.25) is 0 Å². The minimum absolute atomic E-state index is 0.665. The van der Waals surface area contributed by atoms with Gasteiger partial charge < -0.3 is 4.74 Å². The Balaban J connectivity index is 2.46. The van der Waals surface area contributed by atoms with Gasteiger partial charge in [0.25, 0.3) is 0 Å². The Labute approximate surface area is 111 Å². The molecule has 0 fully saturated rings. The van der Waals surface area contributed by atoms with Crippen LogP contribution in [0, 0.1) is 11.3 Å². The summed E-state index contributed by atoms with van der Waals surface area (Å²) in [5, 5.41) is 8.79. The minimum atomic E-state index is 0.665. The van der Waals surface area contributed by atoms with Gasteiger partial charge in [0.2, 0.25) is 0 Å². The van der Waals surface area contributed by atoms with E-state index in [1.807, 2.05) is 42.7 Å². The van der Waals surface area contributed by atoms with Gasteiger partial charge in [0.1, 0.15) is 5.75 Å². The number of rotatable bonds is 3. The Hall–Kier alpha value is -1.92. The first-order valence-electron chi connectivity index (χ1n) is 5.51. The molecule has 2 aromatic rings. The number of hydrogen-bond donors (Lipinski definition) is 0. The number of benzene rings is 2. The van der Waals surface area contributed by atoms with E-state index >= 15 is 0 Å². The Morgan fingerprint density at radius 3 is 2.39 bits per heavy atom. The Bertz CT molecular complexity index is 584. The lowest BCUT2D eigenvalue weighted by Gasteiger charge is -2.10. The molecular weight excluding hydrogens is 242 g/mol. The first-order chi connectivity index (χ1) is 8.78. The summed E-state index contributed by atoms with van der Waals surface area (Å²) in [6.45, 7) is 0.